The Morgan fingerprint density at radius 3 is 2.30 bits per heavy atom. The summed E-state index contributed by atoms with van der Waals surface area (Å²) in [4.78, 5) is 0. The smallest absolute Gasteiger partial charge is 0.134 e. The number of furan rings is 1. The van der Waals surface area contributed by atoms with Gasteiger partial charge in [-0.15, -0.1) is 0 Å². The monoisotopic (exact) mass is 273 g/mol. The molecular weight excluding hydrogens is 246 g/mol. The summed E-state index contributed by atoms with van der Waals surface area (Å²) in [6, 6.07) is 6.55. The number of benzene rings is 1. The Bertz CT molecular complexity index is 614. The van der Waals surface area contributed by atoms with Crippen molar-refractivity contribution in [2.75, 3.05) is 0 Å². The highest BCUT2D eigenvalue weighted by Gasteiger charge is 2.27. The van der Waals surface area contributed by atoms with Crippen LogP contribution < -0.4 is 5.73 Å². The first-order valence-electron chi connectivity index (χ1n) is 7.37. The molecule has 1 aromatic heterocycles. The Hall–Kier alpha value is -1.28. The van der Waals surface area contributed by atoms with Crippen molar-refractivity contribution in [1.82, 2.24) is 0 Å². The van der Waals surface area contributed by atoms with Crippen LogP contribution in [-0.4, -0.2) is 0 Å². The summed E-state index contributed by atoms with van der Waals surface area (Å²) in [6.45, 7) is 14.1. The SMILES string of the molecule is Cc1c(CN)oc2ccc(C(C)(C)CC(C)(C)C)cc12. The predicted octanol–water partition coefficient (Wildman–Crippen LogP) is 4.91. The van der Waals surface area contributed by atoms with E-state index >= 15 is 0 Å². The maximum atomic E-state index is 5.79. The van der Waals surface area contributed by atoms with Gasteiger partial charge < -0.3 is 10.2 Å². The fourth-order valence-electron chi connectivity index (χ4n) is 3.32. The van der Waals surface area contributed by atoms with Gasteiger partial charge in [0.25, 0.3) is 0 Å². The highest BCUT2D eigenvalue weighted by molar-refractivity contribution is 5.83. The quantitative estimate of drug-likeness (QED) is 0.862. The third-order valence-corrected chi connectivity index (χ3v) is 3.97. The molecule has 0 amide bonds. The lowest BCUT2D eigenvalue weighted by Crippen LogP contribution is -2.24. The van der Waals surface area contributed by atoms with Crippen molar-refractivity contribution in [3.63, 3.8) is 0 Å². The van der Waals surface area contributed by atoms with Crippen LogP contribution >= 0.6 is 0 Å². The molecule has 110 valence electrons. The summed E-state index contributed by atoms with van der Waals surface area (Å²) in [5.41, 5.74) is 9.68. The minimum Gasteiger partial charge on any atom is -0.459 e. The van der Waals surface area contributed by atoms with Gasteiger partial charge >= 0.3 is 0 Å². The number of hydrogen-bond donors (Lipinski definition) is 1. The van der Waals surface area contributed by atoms with Crippen LogP contribution in [0.25, 0.3) is 11.0 Å². The molecule has 0 saturated carbocycles. The van der Waals surface area contributed by atoms with Crippen molar-refractivity contribution in [1.29, 1.82) is 0 Å². The molecule has 0 unspecified atom stereocenters. The summed E-state index contributed by atoms with van der Waals surface area (Å²) in [6.07, 6.45) is 1.14. The number of rotatable bonds is 3. The predicted molar refractivity (Wildman–Crippen MR) is 85.9 cm³/mol. The van der Waals surface area contributed by atoms with Gasteiger partial charge in [0.05, 0.1) is 6.54 Å². The number of fused-ring (bicyclic) bond motifs is 1. The molecule has 0 spiro atoms. The van der Waals surface area contributed by atoms with E-state index in [1.807, 2.05) is 0 Å². The normalized spacial score (nSPS) is 13.2. The maximum absolute atomic E-state index is 5.79. The Morgan fingerprint density at radius 1 is 1.10 bits per heavy atom. The maximum Gasteiger partial charge on any atom is 0.134 e. The first kappa shape index (κ1) is 15.1. The first-order valence-corrected chi connectivity index (χ1v) is 7.37. The molecule has 0 fully saturated rings. The number of nitrogens with two attached hydrogens (primary N) is 1. The molecule has 0 aliphatic rings. The molecule has 2 rings (SSSR count). The largest absolute Gasteiger partial charge is 0.459 e. The molecule has 0 aliphatic heterocycles. The van der Waals surface area contributed by atoms with Crippen LogP contribution in [0.4, 0.5) is 0 Å². The number of aryl methyl sites for hydroxylation is 1. The molecule has 2 heteroatoms. The van der Waals surface area contributed by atoms with Crippen LogP contribution in [0.5, 0.6) is 0 Å². The molecule has 2 nitrogen and oxygen atoms in total. The zero-order valence-electron chi connectivity index (χ0n) is 13.6. The highest BCUT2D eigenvalue weighted by atomic mass is 16.3. The summed E-state index contributed by atoms with van der Waals surface area (Å²) in [5, 5.41) is 1.20. The second kappa shape index (κ2) is 4.92. The molecule has 0 bridgehead atoms. The lowest BCUT2D eigenvalue weighted by Gasteiger charge is -2.33. The van der Waals surface area contributed by atoms with Gasteiger partial charge in [0.2, 0.25) is 0 Å². The molecule has 1 aromatic carbocycles. The molecule has 0 radical (unpaired) electrons. The van der Waals surface area contributed by atoms with Crippen LogP contribution in [0.1, 0.15) is 57.9 Å². The summed E-state index contributed by atoms with van der Waals surface area (Å²) in [7, 11) is 0. The molecule has 2 aromatic rings. The van der Waals surface area contributed by atoms with Gasteiger partial charge in [-0.25, -0.2) is 0 Å². The van der Waals surface area contributed by atoms with E-state index in [2.05, 4.69) is 59.7 Å². The molecule has 1 heterocycles. The van der Waals surface area contributed by atoms with Crippen LogP contribution in [-0.2, 0) is 12.0 Å². The van der Waals surface area contributed by atoms with E-state index in [9.17, 15) is 0 Å². The summed E-state index contributed by atoms with van der Waals surface area (Å²) < 4.78 is 5.79. The second-order valence-corrected chi connectivity index (χ2v) is 7.69. The highest BCUT2D eigenvalue weighted by Crippen LogP contribution is 2.38. The third kappa shape index (κ3) is 2.90. The van der Waals surface area contributed by atoms with E-state index in [1.165, 1.54) is 16.5 Å². The van der Waals surface area contributed by atoms with E-state index in [4.69, 9.17) is 10.2 Å². The van der Waals surface area contributed by atoms with E-state index in [0.29, 0.717) is 12.0 Å². The van der Waals surface area contributed by atoms with Gasteiger partial charge in [-0.05, 0) is 47.4 Å². The van der Waals surface area contributed by atoms with Crippen molar-refractivity contribution in [2.24, 2.45) is 11.1 Å². The Balaban J connectivity index is 2.48. The molecule has 0 aliphatic carbocycles. The van der Waals surface area contributed by atoms with Crippen LogP contribution in [0.15, 0.2) is 22.6 Å². The van der Waals surface area contributed by atoms with E-state index in [1.54, 1.807) is 0 Å². The lowest BCUT2D eigenvalue weighted by atomic mass is 9.72. The first-order chi connectivity index (χ1) is 9.14. The Kier molecular flexibility index (Phi) is 3.72. The minimum absolute atomic E-state index is 0.152. The van der Waals surface area contributed by atoms with Gasteiger partial charge in [0, 0.05) is 5.39 Å². The molecule has 2 N–H and O–H groups in total. The lowest BCUT2D eigenvalue weighted by molar-refractivity contribution is 0.284. The van der Waals surface area contributed by atoms with Crippen LogP contribution in [0, 0.1) is 12.3 Å². The number of hydrogen-bond acceptors (Lipinski definition) is 2. The summed E-state index contributed by atoms with van der Waals surface area (Å²) in [5.74, 6) is 0.894. The van der Waals surface area contributed by atoms with Gasteiger partial charge in [-0.1, -0.05) is 40.7 Å². The van der Waals surface area contributed by atoms with Gasteiger partial charge in [-0.2, -0.15) is 0 Å². The Labute approximate surface area is 122 Å². The molecule has 0 saturated heterocycles. The van der Waals surface area contributed by atoms with Crippen molar-refractivity contribution in [2.45, 2.75) is 59.9 Å². The second-order valence-electron chi connectivity index (χ2n) is 7.69. The zero-order valence-corrected chi connectivity index (χ0v) is 13.6. The molecule has 20 heavy (non-hydrogen) atoms. The summed E-state index contributed by atoms with van der Waals surface area (Å²) >= 11 is 0. The fraction of sp³-hybridized carbons (Fsp3) is 0.556. The van der Waals surface area contributed by atoms with E-state index < -0.39 is 0 Å². The standard InChI is InChI=1S/C18H27NO/c1-12-14-9-13(18(5,6)11-17(2,3)4)7-8-15(14)20-16(12)10-19/h7-9H,10-11,19H2,1-6H3. The van der Waals surface area contributed by atoms with Crippen molar-refractivity contribution >= 4 is 11.0 Å². The van der Waals surface area contributed by atoms with Crippen LogP contribution in [0.3, 0.4) is 0 Å². The fourth-order valence-corrected chi connectivity index (χ4v) is 3.32. The van der Waals surface area contributed by atoms with Gasteiger partial charge in [0.15, 0.2) is 0 Å². The van der Waals surface area contributed by atoms with Gasteiger partial charge in [-0.3, -0.25) is 0 Å². The van der Waals surface area contributed by atoms with E-state index in [-0.39, 0.29) is 5.41 Å². The average Bonchev–Trinajstić information content (AvgIpc) is 2.63. The topological polar surface area (TPSA) is 39.2 Å². The van der Waals surface area contributed by atoms with Crippen molar-refractivity contribution in [3.8, 4) is 0 Å². The van der Waals surface area contributed by atoms with Gasteiger partial charge in [0.1, 0.15) is 11.3 Å². The molecular formula is C18H27NO. The zero-order chi connectivity index (χ0) is 15.1. The third-order valence-electron chi connectivity index (χ3n) is 3.97. The van der Waals surface area contributed by atoms with E-state index in [0.717, 1.165) is 17.8 Å². The minimum atomic E-state index is 0.152. The Morgan fingerprint density at radius 2 is 1.75 bits per heavy atom. The van der Waals surface area contributed by atoms with Crippen molar-refractivity contribution in [3.05, 3.63) is 35.1 Å². The van der Waals surface area contributed by atoms with Crippen molar-refractivity contribution < 1.29 is 4.42 Å². The molecule has 0 atom stereocenters. The average molecular weight is 273 g/mol. The van der Waals surface area contributed by atoms with Crippen LogP contribution in [0.2, 0.25) is 0 Å².